The highest BCUT2D eigenvalue weighted by Gasteiger charge is 2.30. The van der Waals surface area contributed by atoms with Crippen molar-refractivity contribution in [3.05, 3.63) is 69.6 Å². The Kier molecular flexibility index (Phi) is 5.07. The number of aromatic nitrogens is 1. The van der Waals surface area contributed by atoms with E-state index in [4.69, 9.17) is 0 Å². The minimum absolute atomic E-state index is 0.0590. The second-order valence-electron chi connectivity index (χ2n) is 7.75. The van der Waals surface area contributed by atoms with Crippen LogP contribution in [-0.4, -0.2) is 10.9 Å². The van der Waals surface area contributed by atoms with E-state index < -0.39 is 0 Å². The third-order valence-corrected chi connectivity index (χ3v) is 5.08. The molecule has 3 rings (SSSR count). The van der Waals surface area contributed by atoms with E-state index >= 15 is 0 Å². The van der Waals surface area contributed by atoms with Gasteiger partial charge in [0.15, 0.2) is 0 Å². The first kappa shape index (κ1) is 17.5. The predicted molar refractivity (Wildman–Crippen MR) is 99.4 cm³/mol. The van der Waals surface area contributed by atoms with E-state index in [1.54, 1.807) is 12.3 Å². The van der Waals surface area contributed by atoms with Gasteiger partial charge in [0.2, 0.25) is 11.5 Å². The van der Waals surface area contributed by atoms with Crippen LogP contribution in [0.4, 0.5) is 0 Å². The van der Waals surface area contributed by atoms with Crippen molar-refractivity contribution >= 4 is 5.91 Å². The van der Waals surface area contributed by atoms with E-state index in [0.29, 0.717) is 12.8 Å². The Bertz CT molecular complexity index is 787. The Labute approximate surface area is 148 Å². The minimum atomic E-state index is -0.120. The van der Waals surface area contributed by atoms with Crippen LogP contribution in [-0.2, 0) is 17.6 Å². The summed E-state index contributed by atoms with van der Waals surface area (Å²) >= 11 is 0. The smallest absolute Gasteiger partial charge is 0.247 e. The van der Waals surface area contributed by atoms with E-state index in [-0.39, 0.29) is 22.9 Å². The van der Waals surface area contributed by atoms with Crippen molar-refractivity contribution in [2.24, 2.45) is 5.41 Å². The molecule has 4 nitrogen and oxygen atoms in total. The Morgan fingerprint density at radius 3 is 2.80 bits per heavy atom. The summed E-state index contributed by atoms with van der Waals surface area (Å²) in [5, 5.41) is 3.24. The number of aromatic amines is 1. The molecule has 0 unspecified atom stereocenters. The highest BCUT2D eigenvalue weighted by Crippen LogP contribution is 2.39. The zero-order chi connectivity index (χ0) is 17.9. The number of rotatable bonds is 4. The van der Waals surface area contributed by atoms with Gasteiger partial charge in [0.25, 0.3) is 0 Å². The summed E-state index contributed by atoms with van der Waals surface area (Å²) in [4.78, 5) is 26.2. The molecule has 0 aliphatic heterocycles. The van der Waals surface area contributed by atoms with Gasteiger partial charge in [-0.3, -0.25) is 9.59 Å². The number of carbonyl (C=O) groups is 1. The highest BCUT2D eigenvalue weighted by atomic mass is 16.1. The van der Waals surface area contributed by atoms with E-state index in [2.05, 4.69) is 48.4 Å². The minimum Gasteiger partial charge on any atom is -0.349 e. The van der Waals surface area contributed by atoms with Crippen LogP contribution in [0.1, 0.15) is 55.8 Å². The predicted octanol–water partition coefficient (Wildman–Crippen LogP) is 3.53. The van der Waals surface area contributed by atoms with Crippen molar-refractivity contribution in [2.75, 3.05) is 0 Å². The fourth-order valence-corrected chi connectivity index (χ4v) is 3.59. The van der Waals surface area contributed by atoms with Gasteiger partial charge >= 0.3 is 0 Å². The number of nitrogens with one attached hydrogen (secondary N) is 2. The van der Waals surface area contributed by atoms with Crippen LogP contribution in [0.2, 0.25) is 0 Å². The summed E-state index contributed by atoms with van der Waals surface area (Å²) in [6, 6.07) is 11.8. The molecule has 1 aromatic carbocycles. The Morgan fingerprint density at radius 1 is 1.24 bits per heavy atom. The molecule has 1 amide bonds. The van der Waals surface area contributed by atoms with Gasteiger partial charge in [-0.05, 0) is 47.8 Å². The molecule has 0 spiro atoms. The zero-order valence-electron chi connectivity index (χ0n) is 15.0. The maximum atomic E-state index is 12.5. The van der Waals surface area contributed by atoms with Gasteiger partial charge in [-0.1, -0.05) is 44.2 Å². The Balaban J connectivity index is 1.68. The summed E-state index contributed by atoms with van der Waals surface area (Å²) < 4.78 is 0. The van der Waals surface area contributed by atoms with Gasteiger partial charge in [0.05, 0.1) is 6.04 Å². The van der Waals surface area contributed by atoms with E-state index in [9.17, 15) is 9.59 Å². The van der Waals surface area contributed by atoms with Crippen LogP contribution in [0, 0.1) is 5.41 Å². The number of pyridine rings is 1. The fourth-order valence-electron chi connectivity index (χ4n) is 3.59. The maximum Gasteiger partial charge on any atom is 0.247 e. The lowest BCUT2D eigenvalue weighted by Gasteiger charge is -2.27. The molecule has 0 bridgehead atoms. The summed E-state index contributed by atoms with van der Waals surface area (Å²) in [5.74, 6) is 0.0590. The molecule has 0 saturated carbocycles. The molecular weight excluding hydrogens is 312 g/mol. The number of benzene rings is 1. The summed E-state index contributed by atoms with van der Waals surface area (Å²) in [7, 11) is 0. The molecule has 0 fully saturated rings. The number of hydrogen-bond donors (Lipinski definition) is 2. The number of fused-ring (bicyclic) bond motifs is 1. The van der Waals surface area contributed by atoms with Crippen LogP contribution >= 0.6 is 0 Å². The topological polar surface area (TPSA) is 62.0 Å². The average Bonchev–Trinajstić information content (AvgIpc) is 2.71. The molecule has 1 aliphatic carbocycles. The largest absolute Gasteiger partial charge is 0.349 e. The summed E-state index contributed by atoms with van der Waals surface area (Å²) in [6.45, 7) is 4.55. The molecule has 1 aromatic heterocycles. The van der Waals surface area contributed by atoms with E-state index in [0.717, 1.165) is 24.8 Å². The first-order chi connectivity index (χ1) is 11.9. The van der Waals surface area contributed by atoms with Gasteiger partial charge < -0.3 is 10.3 Å². The fraction of sp³-hybridized carbons (Fsp3) is 0.429. The molecule has 2 N–H and O–H groups in total. The van der Waals surface area contributed by atoms with Crippen LogP contribution in [0.15, 0.2) is 47.4 Å². The lowest BCUT2D eigenvalue weighted by molar-refractivity contribution is -0.122. The number of carbonyl (C=O) groups excluding carboxylic acids is 1. The van der Waals surface area contributed by atoms with E-state index in [1.165, 1.54) is 17.2 Å². The number of amides is 1. The molecular formula is C21H26N2O2. The molecule has 0 radical (unpaired) electrons. The van der Waals surface area contributed by atoms with Gasteiger partial charge in [0.1, 0.15) is 0 Å². The molecule has 132 valence electrons. The first-order valence-corrected chi connectivity index (χ1v) is 8.98. The first-order valence-electron chi connectivity index (χ1n) is 8.98. The van der Waals surface area contributed by atoms with Crippen molar-refractivity contribution in [3.8, 4) is 0 Å². The number of aryl methyl sites for hydroxylation is 2. The zero-order valence-corrected chi connectivity index (χ0v) is 15.0. The van der Waals surface area contributed by atoms with Crippen LogP contribution < -0.4 is 10.9 Å². The Morgan fingerprint density at radius 2 is 2.04 bits per heavy atom. The third-order valence-electron chi connectivity index (χ3n) is 5.08. The molecule has 2 aromatic rings. The SMILES string of the molecule is CC1(C)CCc2ccccc2[C@@H](NC(=O)CCc2ccc(=O)[nH]c2)C1. The molecule has 25 heavy (non-hydrogen) atoms. The van der Waals surface area contributed by atoms with Gasteiger partial charge in [-0.2, -0.15) is 0 Å². The van der Waals surface area contributed by atoms with Crippen molar-refractivity contribution in [2.45, 2.75) is 52.0 Å². The number of H-pyrrole nitrogens is 1. The van der Waals surface area contributed by atoms with Crippen LogP contribution in [0.25, 0.3) is 0 Å². The molecule has 0 saturated heterocycles. The van der Waals surface area contributed by atoms with Gasteiger partial charge in [0, 0.05) is 18.7 Å². The molecule has 1 heterocycles. The average molecular weight is 338 g/mol. The maximum absolute atomic E-state index is 12.5. The monoisotopic (exact) mass is 338 g/mol. The molecule has 4 heteroatoms. The van der Waals surface area contributed by atoms with Crippen molar-refractivity contribution in [1.29, 1.82) is 0 Å². The number of hydrogen-bond acceptors (Lipinski definition) is 2. The quantitative estimate of drug-likeness (QED) is 0.838. The Hall–Kier alpha value is -2.36. The lowest BCUT2D eigenvalue weighted by Crippen LogP contribution is -2.31. The second kappa shape index (κ2) is 7.26. The summed E-state index contributed by atoms with van der Waals surface area (Å²) in [6.07, 6.45) is 5.88. The van der Waals surface area contributed by atoms with Crippen molar-refractivity contribution in [3.63, 3.8) is 0 Å². The summed E-state index contributed by atoms with van der Waals surface area (Å²) in [5.41, 5.74) is 3.65. The highest BCUT2D eigenvalue weighted by molar-refractivity contribution is 5.76. The van der Waals surface area contributed by atoms with Gasteiger partial charge in [-0.25, -0.2) is 0 Å². The van der Waals surface area contributed by atoms with Crippen molar-refractivity contribution in [1.82, 2.24) is 10.3 Å². The van der Waals surface area contributed by atoms with Gasteiger partial charge in [-0.15, -0.1) is 0 Å². The molecule has 1 atom stereocenters. The molecule has 1 aliphatic rings. The van der Waals surface area contributed by atoms with Crippen molar-refractivity contribution < 1.29 is 4.79 Å². The standard InChI is InChI=1S/C21H26N2O2/c1-21(2)12-11-16-5-3-4-6-17(16)18(13-21)23-20(25)10-8-15-7-9-19(24)22-14-15/h3-7,9,14,18H,8,10-13H2,1-2H3,(H,22,24)(H,23,25)/t18-/m0/s1. The van der Waals surface area contributed by atoms with E-state index in [1.807, 2.05) is 0 Å². The normalized spacial score (nSPS) is 18.9. The van der Waals surface area contributed by atoms with Crippen LogP contribution in [0.5, 0.6) is 0 Å². The van der Waals surface area contributed by atoms with Crippen LogP contribution in [0.3, 0.4) is 0 Å². The lowest BCUT2D eigenvalue weighted by atomic mass is 9.83. The second-order valence-corrected chi connectivity index (χ2v) is 7.75. The third kappa shape index (κ3) is 4.59.